The number of nitrogens with zero attached hydrogens (tertiary/aromatic N) is 1. The van der Waals surface area contributed by atoms with Gasteiger partial charge in [-0.1, -0.05) is 38.1 Å². The van der Waals surface area contributed by atoms with E-state index in [0.717, 1.165) is 29.7 Å². The number of anilines is 1. The lowest BCUT2D eigenvalue weighted by molar-refractivity contribution is -0.119. The van der Waals surface area contributed by atoms with Gasteiger partial charge in [0.2, 0.25) is 5.91 Å². The molecule has 0 saturated carbocycles. The van der Waals surface area contributed by atoms with E-state index < -0.39 is 0 Å². The standard InChI is InChI=1S/C24H33N5O2/c1-5-17(2)22(30)29-21-11-7-9-19(15-21)16-28-24(26-4)27-13-12-18-8-6-10-20(14-18)23(31)25-3/h6-11,14-15,17H,5,12-13,16H2,1-4H3,(H,25,31)(H,29,30)(H2,26,27,28). The fraction of sp³-hybridized carbons (Fsp3) is 0.375. The van der Waals surface area contributed by atoms with Crippen LogP contribution in [0.15, 0.2) is 53.5 Å². The number of carbonyl (C=O) groups excluding carboxylic acids is 2. The molecule has 0 heterocycles. The van der Waals surface area contributed by atoms with Crippen molar-refractivity contribution in [3.8, 4) is 0 Å². The molecule has 0 aliphatic rings. The molecule has 4 N–H and O–H groups in total. The van der Waals surface area contributed by atoms with Gasteiger partial charge in [0.15, 0.2) is 5.96 Å². The van der Waals surface area contributed by atoms with Crippen LogP contribution >= 0.6 is 0 Å². The fourth-order valence-electron chi connectivity index (χ4n) is 2.95. The molecule has 0 aromatic heterocycles. The summed E-state index contributed by atoms with van der Waals surface area (Å²) < 4.78 is 0. The van der Waals surface area contributed by atoms with Crippen molar-refractivity contribution in [3.05, 3.63) is 65.2 Å². The average molecular weight is 424 g/mol. The summed E-state index contributed by atoms with van der Waals surface area (Å²) in [4.78, 5) is 28.1. The Labute approximate surface area is 184 Å². The molecule has 0 fully saturated rings. The SMILES string of the molecule is CCC(C)C(=O)Nc1cccc(CNC(=NC)NCCc2cccc(C(=O)NC)c2)c1. The number of hydrogen-bond acceptors (Lipinski definition) is 3. The lowest BCUT2D eigenvalue weighted by Gasteiger charge is -2.14. The summed E-state index contributed by atoms with van der Waals surface area (Å²) in [5.74, 6) is 0.624. The van der Waals surface area contributed by atoms with Crippen LogP contribution in [-0.2, 0) is 17.8 Å². The van der Waals surface area contributed by atoms with Crippen LogP contribution in [0.2, 0.25) is 0 Å². The smallest absolute Gasteiger partial charge is 0.251 e. The third-order valence-electron chi connectivity index (χ3n) is 5.06. The Morgan fingerprint density at radius 1 is 1.03 bits per heavy atom. The fourth-order valence-corrected chi connectivity index (χ4v) is 2.95. The number of rotatable bonds is 9. The van der Waals surface area contributed by atoms with Gasteiger partial charge in [0, 0.05) is 44.4 Å². The molecule has 0 spiro atoms. The minimum atomic E-state index is -0.0881. The van der Waals surface area contributed by atoms with Crippen molar-refractivity contribution < 1.29 is 9.59 Å². The van der Waals surface area contributed by atoms with Crippen LogP contribution in [0, 0.1) is 5.92 Å². The number of guanidine groups is 1. The first-order valence-corrected chi connectivity index (χ1v) is 10.6. The Balaban J connectivity index is 1.84. The third kappa shape index (κ3) is 7.77. The summed E-state index contributed by atoms with van der Waals surface area (Å²) in [6.45, 7) is 5.19. The van der Waals surface area contributed by atoms with E-state index in [4.69, 9.17) is 0 Å². The largest absolute Gasteiger partial charge is 0.356 e. The molecule has 0 radical (unpaired) electrons. The van der Waals surface area contributed by atoms with E-state index in [0.29, 0.717) is 24.6 Å². The van der Waals surface area contributed by atoms with Crippen molar-refractivity contribution in [1.82, 2.24) is 16.0 Å². The van der Waals surface area contributed by atoms with Crippen LogP contribution < -0.4 is 21.3 Å². The van der Waals surface area contributed by atoms with Gasteiger partial charge in [-0.25, -0.2) is 0 Å². The van der Waals surface area contributed by atoms with E-state index in [9.17, 15) is 9.59 Å². The van der Waals surface area contributed by atoms with Gasteiger partial charge in [-0.05, 0) is 48.2 Å². The number of hydrogen-bond donors (Lipinski definition) is 4. The van der Waals surface area contributed by atoms with E-state index in [2.05, 4.69) is 26.3 Å². The Morgan fingerprint density at radius 3 is 2.48 bits per heavy atom. The molecule has 1 unspecified atom stereocenters. The van der Waals surface area contributed by atoms with Crippen LogP contribution in [0.1, 0.15) is 41.8 Å². The summed E-state index contributed by atoms with van der Waals surface area (Å²) in [5, 5.41) is 12.2. The molecule has 0 saturated heterocycles. The lowest BCUT2D eigenvalue weighted by Crippen LogP contribution is -2.37. The Bertz CT molecular complexity index is 910. The zero-order valence-corrected chi connectivity index (χ0v) is 18.8. The molecule has 2 aromatic rings. The maximum Gasteiger partial charge on any atom is 0.251 e. The first kappa shape index (κ1) is 23.9. The van der Waals surface area contributed by atoms with Crippen molar-refractivity contribution in [2.75, 3.05) is 26.0 Å². The van der Waals surface area contributed by atoms with E-state index in [1.807, 2.05) is 56.3 Å². The second kappa shape index (κ2) is 12.4. The van der Waals surface area contributed by atoms with Gasteiger partial charge in [0.25, 0.3) is 5.91 Å². The van der Waals surface area contributed by atoms with Crippen LogP contribution in [-0.4, -0.2) is 38.4 Å². The predicted molar refractivity (Wildman–Crippen MR) is 126 cm³/mol. The monoisotopic (exact) mass is 423 g/mol. The molecule has 1 atom stereocenters. The number of benzene rings is 2. The molecule has 7 nitrogen and oxygen atoms in total. The van der Waals surface area contributed by atoms with Crippen molar-refractivity contribution in [1.29, 1.82) is 0 Å². The van der Waals surface area contributed by atoms with E-state index in [1.165, 1.54) is 0 Å². The van der Waals surface area contributed by atoms with Gasteiger partial charge in [0.1, 0.15) is 0 Å². The molecular formula is C24H33N5O2. The summed E-state index contributed by atoms with van der Waals surface area (Å²) >= 11 is 0. The number of nitrogens with one attached hydrogen (secondary N) is 4. The maximum atomic E-state index is 12.1. The maximum absolute atomic E-state index is 12.1. The first-order chi connectivity index (χ1) is 15.0. The molecule has 2 aromatic carbocycles. The molecular weight excluding hydrogens is 390 g/mol. The zero-order chi connectivity index (χ0) is 22.6. The minimum Gasteiger partial charge on any atom is -0.356 e. The number of amides is 2. The Kier molecular flexibility index (Phi) is 9.55. The summed E-state index contributed by atoms with van der Waals surface area (Å²) in [5.41, 5.74) is 3.57. The quantitative estimate of drug-likeness (QED) is 0.368. The normalized spacial score (nSPS) is 12.1. The first-order valence-electron chi connectivity index (χ1n) is 10.6. The molecule has 0 aliphatic carbocycles. The van der Waals surface area contributed by atoms with Crippen LogP contribution in [0.25, 0.3) is 0 Å². The molecule has 7 heteroatoms. The second-order valence-corrected chi connectivity index (χ2v) is 7.38. The summed E-state index contributed by atoms with van der Waals surface area (Å²) in [6, 6.07) is 15.4. The van der Waals surface area contributed by atoms with Gasteiger partial charge in [-0.2, -0.15) is 0 Å². The van der Waals surface area contributed by atoms with Gasteiger partial charge >= 0.3 is 0 Å². The summed E-state index contributed by atoms with van der Waals surface area (Å²) in [6.07, 6.45) is 1.58. The molecule has 0 bridgehead atoms. The topological polar surface area (TPSA) is 94.6 Å². The van der Waals surface area contributed by atoms with Crippen LogP contribution in [0.4, 0.5) is 5.69 Å². The Morgan fingerprint density at radius 2 is 1.77 bits per heavy atom. The van der Waals surface area contributed by atoms with Gasteiger partial charge in [-0.15, -0.1) is 0 Å². The van der Waals surface area contributed by atoms with Gasteiger partial charge < -0.3 is 21.3 Å². The molecule has 2 rings (SSSR count). The van der Waals surface area contributed by atoms with E-state index in [-0.39, 0.29) is 17.7 Å². The molecule has 0 aliphatic heterocycles. The summed E-state index contributed by atoms with van der Waals surface area (Å²) in [7, 11) is 3.35. The van der Waals surface area contributed by atoms with Crippen molar-refractivity contribution in [3.63, 3.8) is 0 Å². The number of aliphatic imine (C=N–C) groups is 1. The minimum absolute atomic E-state index is 0.0122. The molecule has 166 valence electrons. The van der Waals surface area contributed by atoms with Gasteiger partial charge in [-0.3, -0.25) is 14.6 Å². The van der Waals surface area contributed by atoms with Crippen molar-refractivity contribution >= 4 is 23.5 Å². The van der Waals surface area contributed by atoms with Crippen molar-refractivity contribution in [2.45, 2.75) is 33.2 Å². The highest BCUT2D eigenvalue weighted by molar-refractivity contribution is 5.94. The highest BCUT2D eigenvalue weighted by Crippen LogP contribution is 2.13. The van der Waals surface area contributed by atoms with E-state index in [1.54, 1.807) is 20.2 Å². The number of carbonyl (C=O) groups is 2. The molecule has 2 amide bonds. The second-order valence-electron chi connectivity index (χ2n) is 7.38. The highest BCUT2D eigenvalue weighted by atomic mass is 16.2. The lowest BCUT2D eigenvalue weighted by atomic mass is 10.1. The third-order valence-corrected chi connectivity index (χ3v) is 5.06. The van der Waals surface area contributed by atoms with Crippen molar-refractivity contribution in [2.24, 2.45) is 10.9 Å². The average Bonchev–Trinajstić information content (AvgIpc) is 2.80. The predicted octanol–water partition coefficient (Wildman–Crippen LogP) is 2.94. The molecule has 31 heavy (non-hydrogen) atoms. The Hall–Kier alpha value is -3.35. The van der Waals surface area contributed by atoms with E-state index >= 15 is 0 Å². The van der Waals surface area contributed by atoms with Crippen LogP contribution in [0.5, 0.6) is 0 Å². The van der Waals surface area contributed by atoms with Gasteiger partial charge in [0.05, 0.1) is 0 Å². The zero-order valence-electron chi connectivity index (χ0n) is 18.8. The highest BCUT2D eigenvalue weighted by Gasteiger charge is 2.10. The van der Waals surface area contributed by atoms with Crippen LogP contribution in [0.3, 0.4) is 0 Å².